The van der Waals surface area contributed by atoms with E-state index in [4.69, 9.17) is 0 Å². The topological polar surface area (TPSA) is 35.6 Å². The zero-order chi connectivity index (χ0) is 18.2. The van der Waals surface area contributed by atoms with Crippen LogP contribution in [0.25, 0.3) is 0 Å². The molecule has 25 heavy (non-hydrogen) atoms. The summed E-state index contributed by atoms with van der Waals surface area (Å²) < 4.78 is 0. The van der Waals surface area contributed by atoms with E-state index in [1.807, 2.05) is 46.4 Å². The van der Waals surface area contributed by atoms with E-state index in [0.29, 0.717) is 13.0 Å². The summed E-state index contributed by atoms with van der Waals surface area (Å²) in [6.07, 6.45) is 1.29. The molecule has 0 aromatic heterocycles. The Balaban J connectivity index is 1.89. The summed E-state index contributed by atoms with van der Waals surface area (Å²) >= 11 is 0. The van der Waals surface area contributed by atoms with Crippen LogP contribution in [0.3, 0.4) is 0 Å². The number of nitrogens with one attached hydrogen (secondary N) is 1. The molecule has 1 N–H and O–H groups in total. The minimum Gasteiger partial charge on any atom is -0.378 e. The van der Waals surface area contributed by atoms with Gasteiger partial charge in [0.1, 0.15) is 0 Å². The molecule has 4 nitrogen and oxygen atoms in total. The van der Waals surface area contributed by atoms with Crippen LogP contribution in [0.5, 0.6) is 0 Å². The fourth-order valence-corrected chi connectivity index (χ4v) is 2.79. The number of rotatable bonds is 8. The number of hydrogen-bond donors (Lipinski definition) is 1. The highest BCUT2D eigenvalue weighted by Gasteiger charge is 2.15. The van der Waals surface area contributed by atoms with E-state index in [1.165, 1.54) is 16.8 Å². The van der Waals surface area contributed by atoms with Crippen LogP contribution in [0.2, 0.25) is 0 Å². The van der Waals surface area contributed by atoms with Crippen LogP contribution in [-0.4, -0.2) is 45.5 Å². The molecule has 1 atom stereocenters. The summed E-state index contributed by atoms with van der Waals surface area (Å²) in [6, 6.07) is 18.8. The molecule has 0 heterocycles. The second-order valence-electron chi connectivity index (χ2n) is 6.76. The van der Waals surface area contributed by atoms with E-state index in [9.17, 15) is 4.79 Å². The van der Waals surface area contributed by atoms with Crippen molar-refractivity contribution in [2.75, 3.05) is 39.6 Å². The third kappa shape index (κ3) is 5.91. The average Bonchev–Trinajstić information content (AvgIpc) is 2.61. The lowest BCUT2D eigenvalue weighted by molar-refractivity contribution is -0.121. The molecule has 0 fully saturated rings. The number of nitrogens with zero attached hydrogens (tertiary/aromatic N) is 2. The number of benzene rings is 2. The number of aryl methyl sites for hydroxylation is 1. The van der Waals surface area contributed by atoms with E-state index in [-0.39, 0.29) is 11.9 Å². The average molecular weight is 339 g/mol. The maximum absolute atomic E-state index is 12.2. The van der Waals surface area contributed by atoms with Crippen molar-refractivity contribution < 1.29 is 4.79 Å². The van der Waals surface area contributed by atoms with Gasteiger partial charge in [-0.15, -0.1) is 0 Å². The monoisotopic (exact) mass is 339 g/mol. The van der Waals surface area contributed by atoms with Gasteiger partial charge in [-0.25, -0.2) is 0 Å². The molecule has 0 saturated heterocycles. The van der Waals surface area contributed by atoms with Gasteiger partial charge in [0.2, 0.25) is 5.91 Å². The van der Waals surface area contributed by atoms with Crippen molar-refractivity contribution in [2.45, 2.75) is 18.9 Å². The summed E-state index contributed by atoms with van der Waals surface area (Å²) in [5.74, 6) is 0.0978. The number of likely N-dealkylation sites (N-methyl/N-ethyl adjacent to an activating group) is 1. The van der Waals surface area contributed by atoms with Crippen molar-refractivity contribution in [3.8, 4) is 0 Å². The Labute approximate surface area is 151 Å². The smallest absolute Gasteiger partial charge is 0.220 e. The maximum Gasteiger partial charge on any atom is 0.220 e. The molecule has 2 rings (SSSR count). The van der Waals surface area contributed by atoms with Crippen molar-refractivity contribution in [1.29, 1.82) is 0 Å². The molecule has 0 radical (unpaired) electrons. The van der Waals surface area contributed by atoms with E-state index in [2.05, 4.69) is 51.5 Å². The number of amides is 1. The molecule has 0 unspecified atom stereocenters. The van der Waals surface area contributed by atoms with Crippen molar-refractivity contribution in [1.82, 2.24) is 10.2 Å². The predicted molar refractivity (Wildman–Crippen MR) is 105 cm³/mol. The third-order valence-corrected chi connectivity index (χ3v) is 4.39. The molecule has 0 aliphatic rings. The molecule has 134 valence electrons. The molecule has 0 bridgehead atoms. The minimum atomic E-state index is 0.0978. The Bertz CT molecular complexity index is 651. The van der Waals surface area contributed by atoms with Gasteiger partial charge < -0.3 is 15.1 Å². The lowest BCUT2D eigenvalue weighted by Gasteiger charge is -2.26. The lowest BCUT2D eigenvalue weighted by atomic mass is 10.0. The molecular weight excluding hydrogens is 310 g/mol. The van der Waals surface area contributed by atoms with Gasteiger partial charge >= 0.3 is 0 Å². The Morgan fingerprint density at radius 1 is 0.960 bits per heavy atom. The summed E-state index contributed by atoms with van der Waals surface area (Å²) in [7, 11) is 8.15. The van der Waals surface area contributed by atoms with Crippen LogP contribution >= 0.6 is 0 Å². The van der Waals surface area contributed by atoms with Gasteiger partial charge in [0, 0.05) is 32.7 Å². The second kappa shape index (κ2) is 9.23. The fraction of sp³-hybridized carbons (Fsp3) is 0.381. The first kappa shape index (κ1) is 19.0. The quantitative estimate of drug-likeness (QED) is 0.803. The van der Waals surface area contributed by atoms with Crippen LogP contribution in [0.1, 0.15) is 23.6 Å². The molecule has 0 spiro atoms. The van der Waals surface area contributed by atoms with Crippen LogP contribution in [0.4, 0.5) is 5.69 Å². The highest BCUT2D eigenvalue weighted by atomic mass is 16.1. The van der Waals surface area contributed by atoms with Gasteiger partial charge in [0.05, 0.1) is 6.04 Å². The minimum absolute atomic E-state index is 0.0978. The van der Waals surface area contributed by atoms with Gasteiger partial charge in [-0.3, -0.25) is 4.79 Å². The zero-order valence-corrected chi connectivity index (χ0v) is 15.7. The SMILES string of the molecule is CN(C)c1ccc([C@H](CNC(=O)CCc2ccccc2)N(C)C)cc1. The molecule has 0 aliphatic heterocycles. The van der Waals surface area contributed by atoms with Crippen LogP contribution in [-0.2, 0) is 11.2 Å². The standard InChI is InChI=1S/C21H29N3O/c1-23(2)19-13-11-18(12-14-19)20(24(3)4)16-22-21(25)15-10-17-8-6-5-7-9-17/h5-9,11-14,20H,10,15-16H2,1-4H3,(H,22,25)/t20-/m0/s1. The first-order valence-corrected chi connectivity index (χ1v) is 8.71. The van der Waals surface area contributed by atoms with Crippen LogP contribution < -0.4 is 10.2 Å². The number of hydrogen-bond acceptors (Lipinski definition) is 3. The number of anilines is 1. The Morgan fingerprint density at radius 3 is 2.16 bits per heavy atom. The highest BCUT2D eigenvalue weighted by molar-refractivity contribution is 5.76. The Hall–Kier alpha value is -2.33. The van der Waals surface area contributed by atoms with Crippen molar-refractivity contribution >= 4 is 11.6 Å². The van der Waals surface area contributed by atoms with E-state index < -0.39 is 0 Å². The molecule has 1 amide bonds. The molecule has 4 heteroatoms. The fourth-order valence-electron chi connectivity index (χ4n) is 2.79. The summed E-state index contributed by atoms with van der Waals surface area (Å²) in [5.41, 5.74) is 3.58. The van der Waals surface area contributed by atoms with Gasteiger partial charge in [0.25, 0.3) is 0 Å². The van der Waals surface area contributed by atoms with E-state index in [1.54, 1.807) is 0 Å². The Morgan fingerprint density at radius 2 is 1.60 bits per heavy atom. The van der Waals surface area contributed by atoms with Gasteiger partial charge in [-0.05, 0) is 43.8 Å². The highest BCUT2D eigenvalue weighted by Crippen LogP contribution is 2.21. The van der Waals surface area contributed by atoms with Crippen molar-refractivity contribution in [3.05, 3.63) is 65.7 Å². The lowest BCUT2D eigenvalue weighted by Crippen LogP contribution is -2.34. The van der Waals surface area contributed by atoms with Crippen molar-refractivity contribution in [3.63, 3.8) is 0 Å². The van der Waals surface area contributed by atoms with Gasteiger partial charge in [0.15, 0.2) is 0 Å². The Kier molecular flexibility index (Phi) is 7.02. The predicted octanol–water partition coefficient (Wildman–Crippen LogP) is 3.10. The summed E-state index contributed by atoms with van der Waals surface area (Å²) in [6.45, 7) is 0.613. The summed E-state index contributed by atoms with van der Waals surface area (Å²) in [4.78, 5) is 16.4. The van der Waals surface area contributed by atoms with Crippen molar-refractivity contribution in [2.24, 2.45) is 0 Å². The van der Waals surface area contributed by atoms with Crippen LogP contribution in [0, 0.1) is 0 Å². The van der Waals surface area contributed by atoms with E-state index >= 15 is 0 Å². The third-order valence-electron chi connectivity index (χ3n) is 4.39. The van der Waals surface area contributed by atoms with Gasteiger partial charge in [-0.1, -0.05) is 42.5 Å². The first-order valence-electron chi connectivity index (χ1n) is 8.71. The molecule has 2 aromatic rings. The van der Waals surface area contributed by atoms with E-state index in [0.717, 1.165) is 6.42 Å². The molecule has 2 aromatic carbocycles. The largest absolute Gasteiger partial charge is 0.378 e. The molecular formula is C21H29N3O. The van der Waals surface area contributed by atoms with Crippen LogP contribution in [0.15, 0.2) is 54.6 Å². The normalized spacial score (nSPS) is 12.0. The zero-order valence-electron chi connectivity index (χ0n) is 15.7. The van der Waals surface area contributed by atoms with Gasteiger partial charge in [-0.2, -0.15) is 0 Å². The molecule has 0 saturated carbocycles. The number of carbonyl (C=O) groups excluding carboxylic acids is 1. The summed E-state index contributed by atoms with van der Waals surface area (Å²) in [5, 5.41) is 3.08. The maximum atomic E-state index is 12.2. The first-order chi connectivity index (χ1) is 12.0. The second-order valence-corrected chi connectivity index (χ2v) is 6.76. The molecule has 0 aliphatic carbocycles. The number of carbonyl (C=O) groups is 1.